The van der Waals surface area contributed by atoms with Gasteiger partial charge in [0.2, 0.25) is 0 Å². The van der Waals surface area contributed by atoms with Crippen molar-refractivity contribution in [3.63, 3.8) is 0 Å². The molecule has 0 aliphatic heterocycles. The van der Waals surface area contributed by atoms with Crippen LogP contribution in [0.4, 0.5) is 0 Å². The summed E-state index contributed by atoms with van der Waals surface area (Å²) in [5, 5.41) is 1.89. The Bertz CT molecular complexity index is 421. The van der Waals surface area contributed by atoms with Gasteiger partial charge in [-0.15, -0.1) is 11.6 Å². The summed E-state index contributed by atoms with van der Waals surface area (Å²) in [5.74, 6) is 0.0636. The average molecular weight is 290 g/mol. The van der Waals surface area contributed by atoms with Gasteiger partial charge < -0.3 is 0 Å². The zero-order valence-electron chi connectivity index (χ0n) is 10.7. The Morgan fingerprint density at radius 1 is 1.39 bits per heavy atom. The van der Waals surface area contributed by atoms with E-state index in [-0.39, 0.29) is 11.8 Å². The molecule has 5 heteroatoms. The normalized spacial score (nSPS) is 11.4. The monoisotopic (exact) mass is 289 g/mol. The van der Waals surface area contributed by atoms with Gasteiger partial charge in [0.15, 0.2) is 0 Å². The molecule has 0 aliphatic carbocycles. The lowest BCUT2D eigenvalue weighted by molar-refractivity contribution is -0.187. The van der Waals surface area contributed by atoms with Crippen molar-refractivity contribution in [2.24, 2.45) is 5.41 Å². The number of carbonyl (C=O) groups excluding carboxylic acids is 1. The van der Waals surface area contributed by atoms with Gasteiger partial charge in [-0.2, -0.15) is 0 Å². The Balaban J connectivity index is 2.86. The van der Waals surface area contributed by atoms with Crippen LogP contribution in [0.2, 0.25) is 5.02 Å². The molecular weight excluding hydrogens is 273 g/mol. The van der Waals surface area contributed by atoms with Gasteiger partial charge >= 0.3 is 0 Å². The fraction of sp³-hybridized carbons (Fsp3) is 0.462. The summed E-state index contributed by atoms with van der Waals surface area (Å²) in [6, 6.07) is 7.34. The summed E-state index contributed by atoms with van der Waals surface area (Å²) in [6.45, 7) is 3.86. The number of nitrogens with zero attached hydrogens (tertiary/aromatic N) is 1. The van der Waals surface area contributed by atoms with E-state index in [0.717, 1.165) is 5.56 Å². The number of hydroxylamine groups is 2. The lowest BCUT2D eigenvalue weighted by Gasteiger charge is -2.28. The maximum Gasteiger partial charge on any atom is 0.253 e. The van der Waals surface area contributed by atoms with E-state index in [1.165, 1.54) is 12.2 Å². The summed E-state index contributed by atoms with van der Waals surface area (Å²) < 4.78 is 0. The number of rotatable bonds is 5. The largest absolute Gasteiger partial charge is 0.274 e. The molecule has 0 bridgehead atoms. The van der Waals surface area contributed by atoms with Crippen LogP contribution < -0.4 is 0 Å². The maximum absolute atomic E-state index is 12.2. The fourth-order valence-electron chi connectivity index (χ4n) is 1.40. The Hall–Kier alpha value is -0.770. The van der Waals surface area contributed by atoms with Crippen molar-refractivity contribution >= 4 is 29.1 Å². The van der Waals surface area contributed by atoms with Gasteiger partial charge in [-0.05, 0) is 25.5 Å². The number of hydrogen-bond acceptors (Lipinski definition) is 2. The Kier molecular flexibility index (Phi) is 5.45. The quantitative estimate of drug-likeness (QED) is 0.613. The molecule has 0 aliphatic rings. The van der Waals surface area contributed by atoms with Crippen molar-refractivity contribution in [2.75, 3.05) is 13.0 Å². The van der Waals surface area contributed by atoms with Crippen molar-refractivity contribution in [3.8, 4) is 0 Å². The van der Waals surface area contributed by atoms with Crippen molar-refractivity contribution < 1.29 is 9.63 Å². The molecule has 18 heavy (non-hydrogen) atoms. The van der Waals surface area contributed by atoms with Crippen LogP contribution in [0.5, 0.6) is 0 Å². The molecule has 0 fully saturated rings. The van der Waals surface area contributed by atoms with Crippen molar-refractivity contribution in [3.05, 3.63) is 34.9 Å². The zero-order valence-corrected chi connectivity index (χ0v) is 12.3. The topological polar surface area (TPSA) is 29.5 Å². The molecule has 1 aromatic rings. The molecule has 0 saturated carbocycles. The second-order valence-corrected chi connectivity index (χ2v) is 5.31. The number of alkyl halides is 1. The molecule has 0 unspecified atom stereocenters. The first-order chi connectivity index (χ1) is 8.42. The van der Waals surface area contributed by atoms with Gasteiger partial charge in [-0.3, -0.25) is 9.63 Å². The summed E-state index contributed by atoms with van der Waals surface area (Å²) >= 11 is 11.9. The smallest absolute Gasteiger partial charge is 0.253 e. The molecule has 0 atom stereocenters. The maximum atomic E-state index is 12.2. The average Bonchev–Trinajstić information content (AvgIpc) is 2.37. The van der Waals surface area contributed by atoms with Crippen LogP contribution in [0.3, 0.4) is 0 Å². The molecule has 1 amide bonds. The van der Waals surface area contributed by atoms with E-state index >= 15 is 0 Å². The molecule has 0 saturated heterocycles. The number of benzene rings is 1. The highest BCUT2D eigenvalue weighted by Crippen LogP contribution is 2.24. The zero-order chi connectivity index (χ0) is 13.8. The standard InChI is InChI=1S/C13H17Cl2NO2/c1-13(2,9-14)12(17)16(18-3)8-10-6-4-5-7-11(10)15/h4-7H,8-9H2,1-3H3. The third-order valence-electron chi connectivity index (χ3n) is 2.63. The summed E-state index contributed by atoms with van der Waals surface area (Å²) in [4.78, 5) is 17.3. The van der Waals surface area contributed by atoms with Gasteiger partial charge in [0, 0.05) is 10.9 Å². The van der Waals surface area contributed by atoms with Crippen molar-refractivity contribution in [1.29, 1.82) is 0 Å². The van der Waals surface area contributed by atoms with E-state index in [4.69, 9.17) is 28.0 Å². The van der Waals surface area contributed by atoms with E-state index in [1.807, 2.05) is 18.2 Å². The van der Waals surface area contributed by atoms with E-state index in [1.54, 1.807) is 19.9 Å². The van der Waals surface area contributed by atoms with Crippen LogP contribution in [0.1, 0.15) is 19.4 Å². The minimum Gasteiger partial charge on any atom is -0.274 e. The summed E-state index contributed by atoms with van der Waals surface area (Å²) in [6.07, 6.45) is 0. The molecule has 0 heterocycles. The number of halogens is 2. The van der Waals surface area contributed by atoms with Crippen LogP contribution >= 0.6 is 23.2 Å². The van der Waals surface area contributed by atoms with Crippen molar-refractivity contribution in [1.82, 2.24) is 5.06 Å². The molecule has 1 aromatic carbocycles. The first kappa shape index (κ1) is 15.3. The summed E-state index contributed by atoms with van der Waals surface area (Å²) in [5.41, 5.74) is 0.165. The van der Waals surface area contributed by atoms with E-state index in [0.29, 0.717) is 11.6 Å². The first-order valence-corrected chi connectivity index (χ1v) is 6.49. The SMILES string of the molecule is CON(Cc1ccccc1Cl)C(=O)C(C)(C)CCl. The van der Waals surface area contributed by atoms with Crippen molar-refractivity contribution in [2.45, 2.75) is 20.4 Å². The fourth-order valence-corrected chi connectivity index (χ4v) is 1.71. The van der Waals surface area contributed by atoms with Gasteiger partial charge in [-0.25, -0.2) is 5.06 Å². The molecule has 3 nitrogen and oxygen atoms in total. The molecular formula is C13H17Cl2NO2. The highest BCUT2D eigenvalue weighted by molar-refractivity contribution is 6.31. The molecule has 100 valence electrons. The third-order valence-corrected chi connectivity index (χ3v) is 3.67. The van der Waals surface area contributed by atoms with E-state index in [2.05, 4.69) is 0 Å². The van der Waals surface area contributed by atoms with Gasteiger partial charge in [-0.1, -0.05) is 29.8 Å². The van der Waals surface area contributed by atoms with Crippen LogP contribution in [0.15, 0.2) is 24.3 Å². The second-order valence-electron chi connectivity index (χ2n) is 4.63. The van der Waals surface area contributed by atoms with Gasteiger partial charge in [0.25, 0.3) is 5.91 Å². The Morgan fingerprint density at radius 3 is 2.50 bits per heavy atom. The van der Waals surface area contributed by atoms with Gasteiger partial charge in [0.05, 0.1) is 19.1 Å². The minimum atomic E-state index is -0.668. The molecule has 0 radical (unpaired) electrons. The predicted octanol–water partition coefficient (Wildman–Crippen LogP) is 3.50. The van der Waals surface area contributed by atoms with Crippen LogP contribution in [0, 0.1) is 5.41 Å². The highest BCUT2D eigenvalue weighted by Gasteiger charge is 2.32. The van der Waals surface area contributed by atoms with E-state index < -0.39 is 5.41 Å². The predicted molar refractivity (Wildman–Crippen MR) is 73.5 cm³/mol. The lowest BCUT2D eigenvalue weighted by Crippen LogP contribution is -2.41. The lowest BCUT2D eigenvalue weighted by atomic mass is 9.95. The van der Waals surface area contributed by atoms with Crippen LogP contribution in [0.25, 0.3) is 0 Å². The number of carbonyl (C=O) groups is 1. The number of hydrogen-bond donors (Lipinski definition) is 0. The first-order valence-electron chi connectivity index (χ1n) is 5.58. The number of amides is 1. The molecule has 1 rings (SSSR count). The molecule has 0 aromatic heterocycles. The molecule has 0 N–H and O–H groups in total. The van der Waals surface area contributed by atoms with Crippen LogP contribution in [-0.2, 0) is 16.2 Å². The summed E-state index contributed by atoms with van der Waals surface area (Å²) in [7, 11) is 1.46. The third kappa shape index (κ3) is 3.61. The van der Waals surface area contributed by atoms with Gasteiger partial charge in [0.1, 0.15) is 0 Å². The van der Waals surface area contributed by atoms with E-state index in [9.17, 15) is 4.79 Å². The second kappa shape index (κ2) is 6.41. The Labute approximate surface area is 118 Å². The Morgan fingerprint density at radius 2 is 2.00 bits per heavy atom. The highest BCUT2D eigenvalue weighted by atomic mass is 35.5. The molecule has 0 spiro atoms. The van der Waals surface area contributed by atoms with Crippen LogP contribution in [-0.4, -0.2) is 24.0 Å². The minimum absolute atomic E-state index is 0.167.